The van der Waals surface area contributed by atoms with E-state index in [4.69, 9.17) is 4.74 Å². The number of hydrogen-bond acceptors (Lipinski definition) is 3. The van der Waals surface area contributed by atoms with Crippen molar-refractivity contribution < 1.29 is 4.74 Å². The third-order valence-corrected chi connectivity index (χ3v) is 12.7. The van der Waals surface area contributed by atoms with Gasteiger partial charge in [0, 0.05) is 0 Å². The van der Waals surface area contributed by atoms with Gasteiger partial charge in [-0.05, 0) is 0 Å². The normalized spacial score (nSPS) is 12.9. The molecular weight excluding hydrogens is 411 g/mol. The molecule has 2 N–H and O–H groups in total. The van der Waals surface area contributed by atoms with Crippen LogP contribution < -0.4 is 26.3 Å². The molecule has 0 radical (unpaired) electrons. The Labute approximate surface area is 194 Å². The molecule has 0 amide bonds. The zero-order chi connectivity index (χ0) is 22.6. The van der Waals surface area contributed by atoms with Crippen LogP contribution in [0.5, 0.6) is 0 Å². The molecule has 172 valence electrons. The van der Waals surface area contributed by atoms with E-state index in [1.54, 1.807) is 0 Å². The van der Waals surface area contributed by atoms with E-state index in [2.05, 4.69) is 108 Å². The first kappa shape index (κ1) is 24.6. The summed E-state index contributed by atoms with van der Waals surface area (Å²) in [6, 6.07) is 33.4. The fourth-order valence-corrected chi connectivity index (χ4v) is 11.1. The molecule has 32 heavy (non-hydrogen) atoms. The van der Waals surface area contributed by atoms with Gasteiger partial charge in [-0.3, -0.25) is 0 Å². The Morgan fingerprint density at radius 3 is 1.56 bits per heavy atom. The number of hydrogen-bond donors (Lipinski definition) is 2. The molecule has 0 heterocycles. The van der Waals surface area contributed by atoms with Gasteiger partial charge in [0.2, 0.25) is 0 Å². The molecule has 0 atom stereocenters. The summed E-state index contributed by atoms with van der Waals surface area (Å²) >= 11 is 0. The summed E-state index contributed by atoms with van der Waals surface area (Å²) in [5.74, 6) is 0. The van der Waals surface area contributed by atoms with Crippen molar-refractivity contribution in [2.75, 3.05) is 39.5 Å². The van der Waals surface area contributed by atoms with Gasteiger partial charge >= 0.3 is 195 Å². The molecule has 0 aromatic heterocycles. The van der Waals surface area contributed by atoms with Gasteiger partial charge in [-0.25, -0.2) is 0 Å². The van der Waals surface area contributed by atoms with E-state index < -0.39 is 6.75 Å². The molecule has 3 aromatic carbocycles. The molecule has 0 saturated carbocycles. The molecule has 0 aliphatic carbocycles. The molecule has 0 fully saturated rings. The number of nitrogens with one attached hydrogen (secondary N) is 2. The van der Waals surface area contributed by atoms with Gasteiger partial charge < -0.3 is 0 Å². The van der Waals surface area contributed by atoms with Gasteiger partial charge in [0.15, 0.2) is 0 Å². The topological polar surface area (TPSA) is 33.3 Å². The number of benzene rings is 3. The third-order valence-electron chi connectivity index (χ3n) is 6.30. The van der Waals surface area contributed by atoms with E-state index in [0.717, 1.165) is 51.7 Å². The minimum atomic E-state index is -2.93. The van der Waals surface area contributed by atoms with Crippen LogP contribution in [0.25, 0.3) is 0 Å². The second-order valence-electron chi connectivity index (χ2n) is 8.36. The Balaban J connectivity index is 2.12. The Hall–Kier alpha value is -2.03. The second kappa shape index (κ2) is 12.3. The number of rotatable bonds is 14. The first-order valence-electron chi connectivity index (χ1n) is 11.9. The van der Waals surface area contributed by atoms with Crippen molar-refractivity contribution in [1.82, 2.24) is 10.4 Å². The SMILES string of the molecule is CCCNP(CCCOCCCNC)(c1ccccc1)(c1ccccc1)c1ccccc1. The molecule has 0 aliphatic rings. The Bertz CT molecular complexity index is 803. The van der Waals surface area contributed by atoms with Crippen molar-refractivity contribution in [3.63, 3.8) is 0 Å². The molecule has 4 heteroatoms. The Morgan fingerprint density at radius 2 is 1.12 bits per heavy atom. The molecule has 3 rings (SSSR count). The van der Waals surface area contributed by atoms with Crippen LogP contribution in [0.1, 0.15) is 26.2 Å². The standard InChI is InChI=1S/C28H39N2OP/c1-3-21-30-32(26-15-7-4-8-16-26,27-17-9-5-10-18-27,28-19-11-6-12-20-28)25-14-24-31-23-13-22-29-2/h4-12,15-20,29-30H,3,13-14,21-25H2,1-2H3. The van der Waals surface area contributed by atoms with Crippen molar-refractivity contribution in [2.45, 2.75) is 26.2 Å². The average molecular weight is 451 g/mol. The maximum atomic E-state index is 6.04. The summed E-state index contributed by atoms with van der Waals surface area (Å²) in [4.78, 5) is 0. The second-order valence-corrected chi connectivity index (χ2v) is 13.3. The van der Waals surface area contributed by atoms with Crippen LogP contribution in [0.2, 0.25) is 0 Å². The van der Waals surface area contributed by atoms with Crippen molar-refractivity contribution in [1.29, 1.82) is 0 Å². The van der Waals surface area contributed by atoms with Crippen LogP contribution in [0.3, 0.4) is 0 Å². The van der Waals surface area contributed by atoms with E-state index in [-0.39, 0.29) is 0 Å². The first-order chi connectivity index (χ1) is 15.8. The Morgan fingerprint density at radius 1 is 0.656 bits per heavy atom. The van der Waals surface area contributed by atoms with Gasteiger partial charge in [0.05, 0.1) is 0 Å². The number of ether oxygens (including phenoxy) is 1. The van der Waals surface area contributed by atoms with E-state index in [1.807, 2.05) is 7.05 Å². The molecule has 0 saturated heterocycles. The molecule has 3 aromatic rings. The summed E-state index contributed by atoms with van der Waals surface area (Å²) in [6.45, 7) is 2.88. The van der Waals surface area contributed by atoms with Gasteiger partial charge in [0.25, 0.3) is 0 Å². The first-order valence-corrected chi connectivity index (χ1v) is 14.4. The van der Waals surface area contributed by atoms with Crippen LogP contribution in [0.4, 0.5) is 0 Å². The van der Waals surface area contributed by atoms with Gasteiger partial charge in [0.1, 0.15) is 0 Å². The summed E-state index contributed by atoms with van der Waals surface area (Å²) < 4.78 is 6.04. The predicted octanol–water partition coefficient (Wildman–Crippen LogP) is 4.45. The molecule has 0 bridgehead atoms. The van der Waals surface area contributed by atoms with Crippen molar-refractivity contribution in [3.8, 4) is 0 Å². The fourth-order valence-electron chi connectivity index (χ4n) is 4.75. The molecule has 0 spiro atoms. The van der Waals surface area contributed by atoms with Gasteiger partial charge in [-0.15, -0.1) is 0 Å². The molecule has 0 unspecified atom stereocenters. The Kier molecular flexibility index (Phi) is 9.44. The predicted molar refractivity (Wildman–Crippen MR) is 142 cm³/mol. The van der Waals surface area contributed by atoms with Crippen LogP contribution in [0, 0.1) is 0 Å². The van der Waals surface area contributed by atoms with Crippen LogP contribution >= 0.6 is 6.75 Å². The summed E-state index contributed by atoms with van der Waals surface area (Å²) in [5, 5.41) is 11.6. The van der Waals surface area contributed by atoms with Crippen molar-refractivity contribution >= 4 is 22.7 Å². The quantitative estimate of drug-likeness (QED) is 0.281. The van der Waals surface area contributed by atoms with E-state index in [0.29, 0.717) is 0 Å². The minimum absolute atomic E-state index is 0.780. The van der Waals surface area contributed by atoms with E-state index >= 15 is 0 Å². The van der Waals surface area contributed by atoms with E-state index in [9.17, 15) is 0 Å². The fraction of sp³-hybridized carbons (Fsp3) is 0.357. The maximum absolute atomic E-state index is 6.04. The molecule has 0 aliphatic heterocycles. The zero-order valence-corrected chi connectivity index (χ0v) is 20.6. The monoisotopic (exact) mass is 450 g/mol. The van der Waals surface area contributed by atoms with Crippen molar-refractivity contribution in [2.24, 2.45) is 0 Å². The summed E-state index contributed by atoms with van der Waals surface area (Å²) in [6.07, 6.45) is 4.18. The van der Waals surface area contributed by atoms with Crippen molar-refractivity contribution in [3.05, 3.63) is 91.0 Å². The molecular formula is C28H39N2OP. The van der Waals surface area contributed by atoms with E-state index in [1.165, 1.54) is 15.9 Å². The van der Waals surface area contributed by atoms with Crippen LogP contribution in [-0.4, -0.2) is 39.5 Å². The summed E-state index contributed by atoms with van der Waals surface area (Å²) in [7, 11) is 1.99. The third kappa shape index (κ3) is 5.13. The van der Waals surface area contributed by atoms with Gasteiger partial charge in [-0.2, -0.15) is 0 Å². The van der Waals surface area contributed by atoms with Crippen LogP contribution in [0.15, 0.2) is 91.0 Å². The van der Waals surface area contributed by atoms with Gasteiger partial charge in [-0.1, -0.05) is 0 Å². The summed E-state index contributed by atoms with van der Waals surface area (Å²) in [5.41, 5.74) is 0. The zero-order valence-electron chi connectivity index (χ0n) is 19.7. The van der Waals surface area contributed by atoms with Crippen LogP contribution in [-0.2, 0) is 4.74 Å². The average Bonchev–Trinajstić information content (AvgIpc) is 2.87. The molecule has 3 nitrogen and oxygen atoms in total.